The lowest BCUT2D eigenvalue weighted by Crippen LogP contribution is -2.47. The molecule has 28 heavy (non-hydrogen) atoms. The van der Waals surface area contributed by atoms with E-state index in [2.05, 4.69) is 53.1 Å². The predicted molar refractivity (Wildman–Crippen MR) is 112 cm³/mol. The van der Waals surface area contributed by atoms with E-state index in [1.165, 1.54) is 16.8 Å². The minimum atomic E-state index is -0.748. The van der Waals surface area contributed by atoms with Crippen LogP contribution >= 0.6 is 0 Å². The van der Waals surface area contributed by atoms with Crippen molar-refractivity contribution < 1.29 is 14.6 Å². The lowest BCUT2D eigenvalue weighted by molar-refractivity contribution is -0.139. The van der Waals surface area contributed by atoms with Gasteiger partial charge < -0.3 is 14.7 Å². The molecule has 1 aliphatic heterocycles. The maximum atomic E-state index is 11.4. The zero-order chi connectivity index (χ0) is 19.9. The van der Waals surface area contributed by atoms with E-state index in [9.17, 15) is 9.90 Å². The zero-order valence-corrected chi connectivity index (χ0v) is 16.8. The first-order valence-electron chi connectivity index (χ1n) is 9.95. The third-order valence-corrected chi connectivity index (χ3v) is 5.53. The maximum absolute atomic E-state index is 11.4. The topological polar surface area (TPSA) is 53.0 Å². The second kappa shape index (κ2) is 9.60. The average Bonchev–Trinajstić information content (AvgIpc) is 2.71. The molecular weight excluding hydrogens is 352 g/mol. The monoisotopic (exact) mass is 382 g/mol. The highest BCUT2D eigenvalue weighted by molar-refractivity contribution is 5.69. The van der Waals surface area contributed by atoms with Crippen molar-refractivity contribution in [2.24, 2.45) is 0 Å². The summed E-state index contributed by atoms with van der Waals surface area (Å²) in [6, 6.07) is 16.9. The normalized spacial score (nSPS) is 15.0. The van der Waals surface area contributed by atoms with Gasteiger partial charge in [0.1, 0.15) is 5.75 Å². The Hall–Kier alpha value is -2.53. The van der Waals surface area contributed by atoms with E-state index >= 15 is 0 Å². The minimum absolute atomic E-state index is 0.110. The van der Waals surface area contributed by atoms with Gasteiger partial charge in [0.05, 0.1) is 13.7 Å². The fraction of sp³-hybridized carbons (Fsp3) is 0.435. The van der Waals surface area contributed by atoms with Gasteiger partial charge in [-0.3, -0.25) is 9.69 Å². The molecule has 0 saturated carbocycles. The van der Waals surface area contributed by atoms with E-state index in [1.807, 2.05) is 12.1 Å². The number of carbonyl (C=O) groups is 1. The highest BCUT2D eigenvalue weighted by atomic mass is 16.5. The Kier molecular flexibility index (Phi) is 6.93. The molecule has 1 N–H and O–H groups in total. The quantitative estimate of drug-likeness (QED) is 0.756. The van der Waals surface area contributed by atoms with Gasteiger partial charge >= 0.3 is 5.97 Å². The molecule has 150 valence electrons. The average molecular weight is 383 g/mol. The van der Waals surface area contributed by atoms with Crippen molar-refractivity contribution in [3.05, 3.63) is 59.7 Å². The van der Waals surface area contributed by atoms with Crippen LogP contribution in [0.3, 0.4) is 0 Å². The Balaban J connectivity index is 1.58. The van der Waals surface area contributed by atoms with Gasteiger partial charge in [-0.1, -0.05) is 29.8 Å². The summed E-state index contributed by atoms with van der Waals surface area (Å²) in [4.78, 5) is 15.9. The molecule has 5 heteroatoms. The number of aryl methyl sites for hydroxylation is 1. The minimum Gasteiger partial charge on any atom is -0.497 e. The Morgan fingerprint density at radius 1 is 1.18 bits per heavy atom. The molecule has 2 aromatic carbocycles. The molecule has 0 aromatic heterocycles. The SMILES string of the molecule is COc1ccc(N2CCC(N(CCc3cccc(C)c3)CC(=O)O)CC2)cc1. The van der Waals surface area contributed by atoms with Crippen LogP contribution in [0.2, 0.25) is 0 Å². The Morgan fingerprint density at radius 3 is 2.50 bits per heavy atom. The molecule has 3 rings (SSSR count). The van der Waals surface area contributed by atoms with Crippen molar-refractivity contribution >= 4 is 11.7 Å². The number of aliphatic carboxylic acids is 1. The van der Waals surface area contributed by atoms with Gasteiger partial charge in [0, 0.05) is 31.4 Å². The molecule has 1 aliphatic rings. The van der Waals surface area contributed by atoms with E-state index in [0.29, 0.717) is 6.04 Å². The first-order valence-corrected chi connectivity index (χ1v) is 9.95. The number of piperidine rings is 1. The van der Waals surface area contributed by atoms with Crippen molar-refractivity contribution in [3.63, 3.8) is 0 Å². The van der Waals surface area contributed by atoms with Gasteiger partial charge in [-0.2, -0.15) is 0 Å². The largest absolute Gasteiger partial charge is 0.497 e. The molecule has 0 spiro atoms. The van der Waals surface area contributed by atoms with Gasteiger partial charge in [-0.05, 0) is 56.0 Å². The number of hydrogen-bond donors (Lipinski definition) is 1. The number of hydrogen-bond acceptors (Lipinski definition) is 4. The molecule has 0 radical (unpaired) electrons. The van der Waals surface area contributed by atoms with E-state index < -0.39 is 5.97 Å². The van der Waals surface area contributed by atoms with Crippen molar-refractivity contribution in [2.75, 3.05) is 38.2 Å². The molecule has 0 aliphatic carbocycles. The molecule has 0 atom stereocenters. The number of carboxylic acids is 1. The number of nitrogens with zero attached hydrogens (tertiary/aromatic N) is 2. The fourth-order valence-corrected chi connectivity index (χ4v) is 3.99. The summed E-state index contributed by atoms with van der Waals surface area (Å²) >= 11 is 0. The predicted octanol–water partition coefficient (Wildman–Crippen LogP) is 3.60. The summed E-state index contributed by atoms with van der Waals surface area (Å²) in [6.45, 7) is 4.87. The number of methoxy groups -OCH3 is 1. The summed E-state index contributed by atoms with van der Waals surface area (Å²) in [5, 5.41) is 9.37. The van der Waals surface area contributed by atoms with Crippen LogP contribution in [-0.4, -0.2) is 55.3 Å². The third-order valence-electron chi connectivity index (χ3n) is 5.53. The summed E-state index contributed by atoms with van der Waals surface area (Å²) in [6.07, 6.45) is 2.84. The van der Waals surface area contributed by atoms with Crippen molar-refractivity contribution in [1.29, 1.82) is 0 Å². The maximum Gasteiger partial charge on any atom is 0.317 e. The number of anilines is 1. The van der Waals surface area contributed by atoms with Crippen LogP contribution < -0.4 is 9.64 Å². The standard InChI is InChI=1S/C23H30N2O3/c1-18-4-3-5-19(16-18)10-13-25(17-23(26)27)21-11-14-24(15-12-21)20-6-8-22(28-2)9-7-20/h3-9,16,21H,10-15,17H2,1-2H3,(H,26,27). The van der Waals surface area contributed by atoms with Gasteiger partial charge in [-0.15, -0.1) is 0 Å². The van der Waals surface area contributed by atoms with Gasteiger partial charge in [-0.25, -0.2) is 0 Å². The van der Waals surface area contributed by atoms with E-state index in [-0.39, 0.29) is 6.54 Å². The van der Waals surface area contributed by atoms with Crippen molar-refractivity contribution in [2.45, 2.75) is 32.2 Å². The summed E-state index contributed by atoms with van der Waals surface area (Å²) in [5.41, 5.74) is 3.71. The molecule has 1 saturated heterocycles. The molecule has 0 unspecified atom stereocenters. The van der Waals surface area contributed by atoms with Crippen LogP contribution in [0.5, 0.6) is 5.75 Å². The molecule has 1 fully saturated rings. The van der Waals surface area contributed by atoms with E-state index in [1.54, 1.807) is 7.11 Å². The van der Waals surface area contributed by atoms with Crippen LogP contribution in [-0.2, 0) is 11.2 Å². The van der Waals surface area contributed by atoms with Crippen LogP contribution in [0.4, 0.5) is 5.69 Å². The highest BCUT2D eigenvalue weighted by Crippen LogP contribution is 2.25. The lowest BCUT2D eigenvalue weighted by atomic mass is 10.0. The van der Waals surface area contributed by atoms with Crippen LogP contribution in [0, 0.1) is 6.92 Å². The van der Waals surface area contributed by atoms with E-state index in [0.717, 1.165) is 44.6 Å². The summed E-state index contributed by atoms with van der Waals surface area (Å²) < 4.78 is 5.23. The smallest absolute Gasteiger partial charge is 0.317 e. The molecular formula is C23H30N2O3. The Morgan fingerprint density at radius 2 is 1.89 bits per heavy atom. The fourth-order valence-electron chi connectivity index (χ4n) is 3.99. The molecule has 2 aromatic rings. The van der Waals surface area contributed by atoms with Gasteiger partial charge in [0.2, 0.25) is 0 Å². The third kappa shape index (κ3) is 5.49. The second-order valence-electron chi connectivity index (χ2n) is 7.52. The molecule has 0 amide bonds. The lowest BCUT2D eigenvalue weighted by Gasteiger charge is -2.39. The molecule has 1 heterocycles. The van der Waals surface area contributed by atoms with Gasteiger partial charge in [0.25, 0.3) is 0 Å². The van der Waals surface area contributed by atoms with Gasteiger partial charge in [0.15, 0.2) is 0 Å². The Bertz CT molecular complexity index is 768. The Labute approximate surface area is 167 Å². The highest BCUT2D eigenvalue weighted by Gasteiger charge is 2.26. The number of ether oxygens (including phenoxy) is 1. The number of carboxylic acid groups (broad SMARTS) is 1. The summed E-state index contributed by atoms with van der Waals surface area (Å²) in [5.74, 6) is 0.115. The molecule has 0 bridgehead atoms. The van der Waals surface area contributed by atoms with Crippen LogP contribution in [0.25, 0.3) is 0 Å². The number of benzene rings is 2. The molecule has 5 nitrogen and oxygen atoms in total. The van der Waals surface area contributed by atoms with Crippen molar-refractivity contribution in [3.8, 4) is 5.75 Å². The first-order chi connectivity index (χ1) is 13.5. The zero-order valence-electron chi connectivity index (χ0n) is 16.8. The summed E-state index contributed by atoms with van der Waals surface area (Å²) in [7, 11) is 1.67. The van der Waals surface area contributed by atoms with E-state index in [4.69, 9.17) is 4.74 Å². The second-order valence-corrected chi connectivity index (χ2v) is 7.52. The number of rotatable bonds is 8. The van der Waals surface area contributed by atoms with Crippen molar-refractivity contribution in [1.82, 2.24) is 4.90 Å². The van der Waals surface area contributed by atoms with Crippen LogP contribution in [0.15, 0.2) is 48.5 Å². The van der Waals surface area contributed by atoms with Crippen LogP contribution in [0.1, 0.15) is 24.0 Å². The first kappa shape index (κ1) is 20.2.